The van der Waals surface area contributed by atoms with Gasteiger partial charge in [0.15, 0.2) is 11.5 Å². The van der Waals surface area contributed by atoms with E-state index >= 15 is 0 Å². The van der Waals surface area contributed by atoms with Crippen LogP contribution in [-0.2, 0) is 0 Å². The van der Waals surface area contributed by atoms with Crippen molar-refractivity contribution in [1.82, 2.24) is 0 Å². The molecule has 0 atom stereocenters. The molecule has 0 fully saturated rings. The van der Waals surface area contributed by atoms with Gasteiger partial charge >= 0.3 is 0 Å². The molecule has 90 valence electrons. The van der Waals surface area contributed by atoms with Crippen molar-refractivity contribution in [2.75, 3.05) is 6.61 Å². The second kappa shape index (κ2) is 7.55. The molecule has 2 nitrogen and oxygen atoms in total. The second-order valence-electron chi connectivity index (χ2n) is 3.87. The lowest BCUT2D eigenvalue weighted by Gasteiger charge is -2.08. The van der Waals surface area contributed by atoms with E-state index in [0.717, 1.165) is 10.9 Å². The van der Waals surface area contributed by atoms with Crippen LogP contribution in [-0.4, -0.2) is 11.7 Å². The van der Waals surface area contributed by atoms with Gasteiger partial charge in [-0.25, -0.2) is 0 Å². The Morgan fingerprint density at radius 2 is 1.94 bits per heavy atom. The normalized spacial score (nSPS) is 10.4. The van der Waals surface area contributed by atoms with Crippen LogP contribution in [0.1, 0.15) is 39.0 Å². The maximum atomic E-state index is 9.53. The monoisotopic (exact) mass is 286 g/mol. The van der Waals surface area contributed by atoms with Crippen molar-refractivity contribution in [2.24, 2.45) is 0 Å². The molecular formula is C13H19BrO2. The van der Waals surface area contributed by atoms with Gasteiger partial charge in [0, 0.05) is 4.47 Å². The van der Waals surface area contributed by atoms with Gasteiger partial charge in [0.1, 0.15) is 0 Å². The molecule has 16 heavy (non-hydrogen) atoms. The summed E-state index contributed by atoms with van der Waals surface area (Å²) in [4.78, 5) is 0. The van der Waals surface area contributed by atoms with Gasteiger partial charge in [0.05, 0.1) is 6.61 Å². The topological polar surface area (TPSA) is 29.5 Å². The van der Waals surface area contributed by atoms with Gasteiger partial charge in [-0.2, -0.15) is 0 Å². The van der Waals surface area contributed by atoms with Gasteiger partial charge in [-0.1, -0.05) is 48.5 Å². The molecule has 3 heteroatoms. The summed E-state index contributed by atoms with van der Waals surface area (Å²) >= 11 is 3.35. The Labute approximate surface area is 106 Å². The third kappa shape index (κ3) is 4.88. The fraction of sp³-hybridized carbons (Fsp3) is 0.538. The van der Waals surface area contributed by atoms with Crippen LogP contribution in [0.25, 0.3) is 0 Å². The summed E-state index contributed by atoms with van der Waals surface area (Å²) in [6.45, 7) is 2.88. The number of hydrogen-bond donors (Lipinski definition) is 1. The van der Waals surface area contributed by atoms with E-state index in [9.17, 15) is 5.11 Å². The van der Waals surface area contributed by atoms with Crippen LogP contribution < -0.4 is 4.74 Å². The van der Waals surface area contributed by atoms with Crippen molar-refractivity contribution in [3.8, 4) is 11.5 Å². The molecule has 0 amide bonds. The standard InChI is InChI=1S/C13H19BrO2/c1-2-3-4-5-6-9-16-13-10-11(14)7-8-12(13)15/h7-8,10,15H,2-6,9H2,1H3. The van der Waals surface area contributed by atoms with E-state index < -0.39 is 0 Å². The molecule has 0 heterocycles. The van der Waals surface area contributed by atoms with E-state index in [1.165, 1.54) is 25.7 Å². The predicted octanol–water partition coefficient (Wildman–Crippen LogP) is 4.50. The lowest BCUT2D eigenvalue weighted by atomic mass is 10.2. The van der Waals surface area contributed by atoms with E-state index in [2.05, 4.69) is 22.9 Å². The molecule has 1 aromatic rings. The molecule has 1 aromatic carbocycles. The van der Waals surface area contributed by atoms with Crippen LogP contribution in [0.4, 0.5) is 0 Å². The first-order chi connectivity index (χ1) is 7.74. The van der Waals surface area contributed by atoms with Gasteiger partial charge in [-0.3, -0.25) is 0 Å². The summed E-state index contributed by atoms with van der Waals surface area (Å²) in [6, 6.07) is 5.22. The van der Waals surface area contributed by atoms with Crippen LogP contribution in [0.2, 0.25) is 0 Å². The van der Waals surface area contributed by atoms with Crippen molar-refractivity contribution in [2.45, 2.75) is 39.0 Å². The molecule has 0 radical (unpaired) electrons. The van der Waals surface area contributed by atoms with Crippen molar-refractivity contribution in [3.05, 3.63) is 22.7 Å². The minimum Gasteiger partial charge on any atom is -0.504 e. The fourth-order valence-corrected chi connectivity index (χ4v) is 1.83. The number of unbranched alkanes of at least 4 members (excludes halogenated alkanes) is 4. The first kappa shape index (κ1) is 13.4. The first-order valence-electron chi connectivity index (χ1n) is 5.85. The van der Waals surface area contributed by atoms with E-state index in [4.69, 9.17) is 4.74 Å². The molecule has 0 spiro atoms. The predicted molar refractivity (Wildman–Crippen MR) is 70.1 cm³/mol. The van der Waals surface area contributed by atoms with E-state index in [-0.39, 0.29) is 5.75 Å². The summed E-state index contributed by atoms with van der Waals surface area (Å²) in [7, 11) is 0. The Hall–Kier alpha value is -0.700. The quantitative estimate of drug-likeness (QED) is 0.748. The Morgan fingerprint density at radius 1 is 1.19 bits per heavy atom. The highest BCUT2D eigenvalue weighted by atomic mass is 79.9. The van der Waals surface area contributed by atoms with Crippen molar-refractivity contribution >= 4 is 15.9 Å². The Kier molecular flexibility index (Phi) is 6.31. The fourth-order valence-electron chi connectivity index (χ4n) is 1.49. The molecule has 1 N–H and O–H groups in total. The summed E-state index contributed by atoms with van der Waals surface area (Å²) < 4.78 is 6.44. The number of ether oxygens (including phenoxy) is 1. The molecule has 0 aliphatic rings. The number of halogens is 1. The van der Waals surface area contributed by atoms with E-state index in [1.54, 1.807) is 18.2 Å². The van der Waals surface area contributed by atoms with Crippen LogP contribution in [0, 0.1) is 0 Å². The number of phenolic OH excluding ortho intramolecular Hbond substituents is 1. The molecule has 0 bridgehead atoms. The average Bonchev–Trinajstić information content (AvgIpc) is 2.28. The number of benzene rings is 1. The number of phenols is 1. The lowest BCUT2D eigenvalue weighted by molar-refractivity contribution is 0.289. The van der Waals surface area contributed by atoms with E-state index in [0.29, 0.717) is 12.4 Å². The smallest absolute Gasteiger partial charge is 0.162 e. The molecular weight excluding hydrogens is 268 g/mol. The molecule has 0 saturated heterocycles. The highest BCUT2D eigenvalue weighted by molar-refractivity contribution is 9.10. The zero-order chi connectivity index (χ0) is 11.8. The summed E-state index contributed by atoms with van der Waals surface area (Å²) in [5.41, 5.74) is 0. The maximum absolute atomic E-state index is 9.53. The van der Waals surface area contributed by atoms with Crippen molar-refractivity contribution in [1.29, 1.82) is 0 Å². The zero-order valence-corrected chi connectivity index (χ0v) is 11.3. The van der Waals surface area contributed by atoms with Gasteiger partial charge in [-0.05, 0) is 24.6 Å². The molecule has 0 saturated carbocycles. The lowest BCUT2D eigenvalue weighted by Crippen LogP contribution is -1.97. The minimum atomic E-state index is 0.205. The highest BCUT2D eigenvalue weighted by Gasteiger charge is 2.02. The Bertz CT molecular complexity index is 313. The Balaban J connectivity index is 2.23. The van der Waals surface area contributed by atoms with E-state index in [1.807, 2.05) is 0 Å². The largest absolute Gasteiger partial charge is 0.504 e. The van der Waals surface area contributed by atoms with Crippen LogP contribution in [0.3, 0.4) is 0 Å². The van der Waals surface area contributed by atoms with Crippen LogP contribution in [0.15, 0.2) is 22.7 Å². The van der Waals surface area contributed by atoms with Crippen molar-refractivity contribution < 1.29 is 9.84 Å². The molecule has 0 unspecified atom stereocenters. The number of rotatable bonds is 7. The van der Waals surface area contributed by atoms with Gasteiger partial charge in [-0.15, -0.1) is 0 Å². The molecule has 1 rings (SSSR count). The maximum Gasteiger partial charge on any atom is 0.162 e. The van der Waals surface area contributed by atoms with Gasteiger partial charge in [0.2, 0.25) is 0 Å². The Morgan fingerprint density at radius 3 is 2.69 bits per heavy atom. The molecule has 0 aliphatic carbocycles. The summed E-state index contributed by atoms with van der Waals surface area (Å²) in [5, 5.41) is 9.53. The molecule has 0 aromatic heterocycles. The summed E-state index contributed by atoms with van der Waals surface area (Å²) in [5.74, 6) is 0.765. The number of hydrogen-bond acceptors (Lipinski definition) is 2. The third-order valence-corrected chi connectivity index (χ3v) is 2.92. The third-order valence-electron chi connectivity index (χ3n) is 2.43. The minimum absolute atomic E-state index is 0.205. The van der Waals surface area contributed by atoms with Crippen LogP contribution >= 0.6 is 15.9 Å². The first-order valence-corrected chi connectivity index (χ1v) is 6.64. The average molecular weight is 287 g/mol. The zero-order valence-electron chi connectivity index (χ0n) is 9.71. The second-order valence-corrected chi connectivity index (χ2v) is 4.79. The van der Waals surface area contributed by atoms with Gasteiger partial charge < -0.3 is 9.84 Å². The molecule has 0 aliphatic heterocycles. The SMILES string of the molecule is CCCCCCCOc1cc(Br)ccc1O. The summed E-state index contributed by atoms with van der Waals surface area (Å²) in [6.07, 6.45) is 6.06. The van der Waals surface area contributed by atoms with Crippen molar-refractivity contribution in [3.63, 3.8) is 0 Å². The highest BCUT2D eigenvalue weighted by Crippen LogP contribution is 2.29. The van der Waals surface area contributed by atoms with Crippen LogP contribution in [0.5, 0.6) is 11.5 Å². The number of aromatic hydroxyl groups is 1. The van der Waals surface area contributed by atoms with Gasteiger partial charge in [0.25, 0.3) is 0 Å².